The van der Waals surface area contributed by atoms with Gasteiger partial charge < -0.3 is 5.73 Å². The zero-order valence-corrected chi connectivity index (χ0v) is 6.69. The van der Waals surface area contributed by atoms with Gasteiger partial charge in [0.1, 0.15) is 6.20 Å². The predicted octanol–water partition coefficient (Wildman–Crippen LogP) is 0.529. The minimum Gasteiger partial charge on any atom is -0.364 e. The third-order valence-electron chi connectivity index (χ3n) is 1.63. The number of primary amides is 1. The van der Waals surface area contributed by atoms with Gasteiger partial charge in [0.05, 0.1) is 11.0 Å². The highest BCUT2D eigenvalue weighted by Crippen LogP contribution is 2.07. The molecule has 0 fully saturated rings. The SMILES string of the molecule is NC(=O)c1[c]nc2ccccc2n1. The van der Waals surface area contributed by atoms with Crippen LogP contribution in [0.25, 0.3) is 11.0 Å². The molecule has 0 bridgehead atoms. The first-order valence-electron chi connectivity index (χ1n) is 3.71. The predicted molar refractivity (Wildman–Crippen MR) is 46.9 cm³/mol. The van der Waals surface area contributed by atoms with Gasteiger partial charge in [0.25, 0.3) is 5.91 Å². The van der Waals surface area contributed by atoms with E-state index in [1.165, 1.54) is 0 Å². The van der Waals surface area contributed by atoms with Gasteiger partial charge in [-0.2, -0.15) is 0 Å². The van der Waals surface area contributed by atoms with E-state index in [0.29, 0.717) is 11.0 Å². The van der Waals surface area contributed by atoms with Crippen LogP contribution < -0.4 is 5.73 Å². The Hall–Kier alpha value is -1.97. The molecule has 0 saturated carbocycles. The molecule has 13 heavy (non-hydrogen) atoms. The van der Waals surface area contributed by atoms with E-state index in [1.54, 1.807) is 12.1 Å². The highest BCUT2D eigenvalue weighted by molar-refractivity contribution is 5.92. The number of nitrogens with zero attached hydrogens (tertiary/aromatic N) is 2. The molecule has 0 unspecified atom stereocenters. The highest BCUT2D eigenvalue weighted by atomic mass is 16.1. The molecular weight excluding hydrogens is 166 g/mol. The van der Waals surface area contributed by atoms with E-state index < -0.39 is 5.91 Å². The number of nitrogens with two attached hydrogens (primary N) is 1. The van der Waals surface area contributed by atoms with Crippen molar-refractivity contribution in [3.63, 3.8) is 0 Å². The summed E-state index contributed by atoms with van der Waals surface area (Å²) in [5, 5.41) is 0. The van der Waals surface area contributed by atoms with Crippen molar-refractivity contribution in [3.05, 3.63) is 36.2 Å². The number of benzene rings is 1. The van der Waals surface area contributed by atoms with Crippen LogP contribution in [0.4, 0.5) is 0 Å². The minimum absolute atomic E-state index is 0.0682. The van der Waals surface area contributed by atoms with Crippen LogP contribution in [0.2, 0.25) is 0 Å². The minimum atomic E-state index is -0.613. The summed E-state index contributed by atoms with van der Waals surface area (Å²) >= 11 is 0. The first-order chi connectivity index (χ1) is 6.27. The Balaban J connectivity index is 2.69. The molecule has 0 spiro atoms. The van der Waals surface area contributed by atoms with E-state index in [-0.39, 0.29) is 5.69 Å². The van der Waals surface area contributed by atoms with E-state index >= 15 is 0 Å². The lowest BCUT2D eigenvalue weighted by Gasteiger charge is -1.96. The highest BCUT2D eigenvalue weighted by Gasteiger charge is 2.03. The van der Waals surface area contributed by atoms with Crippen molar-refractivity contribution in [2.75, 3.05) is 0 Å². The second-order valence-corrected chi connectivity index (χ2v) is 2.54. The van der Waals surface area contributed by atoms with Gasteiger partial charge in [0, 0.05) is 0 Å². The molecule has 63 valence electrons. The molecule has 0 aliphatic carbocycles. The van der Waals surface area contributed by atoms with E-state index in [2.05, 4.69) is 16.2 Å². The lowest BCUT2D eigenvalue weighted by Crippen LogP contribution is -2.13. The van der Waals surface area contributed by atoms with E-state index in [1.807, 2.05) is 12.1 Å². The third kappa shape index (κ3) is 1.33. The average molecular weight is 172 g/mol. The van der Waals surface area contributed by atoms with Crippen LogP contribution in [0, 0.1) is 6.20 Å². The molecule has 1 heterocycles. The van der Waals surface area contributed by atoms with Crippen molar-refractivity contribution in [1.29, 1.82) is 0 Å². The molecule has 0 aliphatic rings. The molecule has 2 rings (SSSR count). The quantitative estimate of drug-likeness (QED) is 0.682. The normalized spacial score (nSPS) is 10.2. The molecule has 1 aromatic heterocycles. The van der Waals surface area contributed by atoms with Gasteiger partial charge >= 0.3 is 0 Å². The number of hydrogen-bond donors (Lipinski definition) is 1. The van der Waals surface area contributed by atoms with Gasteiger partial charge in [-0.25, -0.2) is 9.97 Å². The first kappa shape index (κ1) is 7.67. The lowest BCUT2D eigenvalue weighted by molar-refractivity contribution is 0.0995. The van der Waals surface area contributed by atoms with Crippen molar-refractivity contribution in [2.45, 2.75) is 0 Å². The summed E-state index contributed by atoms with van der Waals surface area (Å²) in [6.07, 6.45) is 2.48. The smallest absolute Gasteiger partial charge is 0.269 e. The number of fused-ring (bicyclic) bond motifs is 1. The average Bonchev–Trinajstić information content (AvgIpc) is 2.17. The number of aromatic nitrogens is 2. The van der Waals surface area contributed by atoms with Crippen LogP contribution in [-0.4, -0.2) is 15.9 Å². The number of para-hydroxylation sites is 2. The topological polar surface area (TPSA) is 68.9 Å². The number of carbonyl (C=O) groups is 1. The zero-order chi connectivity index (χ0) is 9.26. The van der Waals surface area contributed by atoms with Crippen LogP contribution >= 0.6 is 0 Å². The van der Waals surface area contributed by atoms with Crippen molar-refractivity contribution in [1.82, 2.24) is 9.97 Å². The van der Waals surface area contributed by atoms with Gasteiger partial charge in [-0.05, 0) is 12.1 Å². The molecule has 1 amide bonds. The van der Waals surface area contributed by atoms with Crippen molar-refractivity contribution in [2.24, 2.45) is 5.73 Å². The molecule has 4 nitrogen and oxygen atoms in total. The molecule has 0 aliphatic heterocycles. The van der Waals surface area contributed by atoms with Gasteiger partial charge in [-0.15, -0.1) is 0 Å². The van der Waals surface area contributed by atoms with E-state index in [9.17, 15) is 4.79 Å². The van der Waals surface area contributed by atoms with Crippen LogP contribution in [0.1, 0.15) is 10.5 Å². The summed E-state index contributed by atoms with van der Waals surface area (Å²) in [4.78, 5) is 18.6. The Bertz CT molecular complexity index is 467. The number of amides is 1. The van der Waals surface area contributed by atoms with Crippen LogP contribution in [0.15, 0.2) is 24.3 Å². The van der Waals surface area contributed by atoms with Crippen molar-refractivity contribution in [3.8, 4) is 0 Å². The van der Waals surface area contributed by atoms with Crippen LogP contribution in [-0.2, 0) is 0 Å². The molecule has 1 aromatic carbocycles. The molecule has 0 saturated heterocycles. The molecule has 2 aromatic rings. The lowest BCUT2D eigenvalue weighted by atomic mass is 10.3. The largest absolute Gasteiger partial charge is 0.364 e. The summed E-state index contributed by atoms with van der Waals surface area (Å²) in [6.45, 7) is 0. The molecule has 4 heteroatoms. The summed E-state index contributed by atoms with van der Waals surface area (Å²) in [5.74, 6) is -0.613. The maximum absolute atomic E-state index is 10.7. The van der Waals surface area contributed by atoms with Crippen molar-refractivity contribution >= 4 is 16.9 Å². The van der Waals surface area contributed by atoms with Gasteiger partial charge in [-0.3, -0.25) is 4.79 Å². The Kier molecular flexibility index (Phi) is 1.66. The summed E-state index contributed by atoms with van der Waals surface area (Å²) in [7, 11) is 0. The third-order valence-corrected chi connectivity index (χ3v) is 1.63. The molecule has 1 radical (unpaired) electrons. The van der Waals surface area contributed by atoms with E-state index in [4.69, 9.17) is 5.73 Å². The van der Waals surface area contributed by atoms with E-state index in [0.717, 1.165) is 0 Å². The molecule has 2 N–H and O–H groups in total. The summed E-state index contributed by atoms with van der Waals surface area (Å²) in [5.41, 5.74) is 6.45. The zero-order valence-electron chi connectivity index (χ0n) is 6.69. The number of carbonyl (C=O) groups excluding carboxylic acids is 1. The second kappa shape index (κ2) is 2.82. The summed E-state index contributed by atoms with van der Waals surface area (Å²) < 4.78 is 0. The fourth-order valence-electron chi connectivity index (χ4n) is 1.02. The van der Waals surface area contributed by atoms with Gasteiger partial charge in [0.2, 0.25) is 0 Å². The Labute approximate surface area is 74.4 Å². The number of rotatable bonds is 1. The van der Waals surface area contributed by atoms with Gasteiger partial charge in [-0.1, -0.05) is 12.1 Å². The number of hydrogen-bond acceptors (Lipinski definition) is 3. The standard InChI is InChI=1S/C9H6N3O/c10-9(13)8-5-11-6-3-1-2-4-7(6)12-8/h1-4H,(H2,10,13). The second-order valence-electron chi connectivity index (χ2n) is 2.54. The fraction of sp³-hybridized carbons (Fsp3) is 0. The van der Waals surface area contributed by atoms with Crippen LogP contribution in [0.5, 0.6) is 0 Å². The Morgan fingerprint density at radius 1 is 1.31 bits per heavy atom. The maximum atomic E-state index is 10.7. The Morgan fingerprint density at radius 2 is 2.00 bits per heavy atom. The fourth-order valence-corrected chi connectivity index (χ4v) is 1.02. The van der Waals surface area contributed by atoms with Crippen molar-refractivity contribution < 1.29 is 4.79 Å². The summed E-state index contributed by atoms with van der Waals surface area (Å²) in [6, 6.07) is 7.23. The monoisotopic (exact) mass is 172 g/mol. The maximum Gasteiger partial charge on any atom is 0.269 e. The molecule has 0 atom stereocenters. The van der Waals surface area contributed by atoms with Gasteiger partial charge in [0.15, 0.2) is 5.69 Å². The Morgan fingerprint density at radius 3 is 2.69 bits per heavy atom. The first-order valence-corrected chi connectivity index (χ1v) is 3.71. The molecular formula is C9H6N3O. The van der Waals surface area contributed by atoms with Crippen LogP contribution in [0.3, 0.4) is 0 Å².